The van der Waals surface area contributed by atoms with Crippen LogP contribution in [0.1, 0.15) is 30.9 Å². The van der Waals surface area contributed by atoms with Crippen LogP contribution in [0.2, 0.25) is 0 Å². The van der Waals surface area contributed by atoms with E-state index in [2.05, 4.69) is 40.9 Å². The van der Waals surface area contributed by atoms with Gasteiger partial charge < -0.3 is 5.43 Å². The smallest absolute Gasteiger partial charge is 0.0742 e. The number of hydrogen-bond acceptors (Lipinski definition) is 2. The second kappa shape index (κ2) is 3.12. The van der Waals surface area contributed by atoms with Crippen molar-refractivity contribution >= 4 is 5.71 Å². The van der Waals surface area contributed by atoms with E-state index in [0.717, 1.165) is 12.3 Å². The van der Waals surface area contributed by atoms with Gasteiger partial charge in [-0.25, -0.2) is 0 Å². The number of nitrogens with zero attached hydrogens (tertiary/aromatic N) is 1. The lowest BCUT2D eigenvalue weighted by Crippen LogP contribution is -2.09. The van der Waals surface area contributed by atoms with Crippen LogP contribution in [0, 0.1) is 5.92 Å². The monoisotopic (exact) mass is 186 g/mol. The van der Waals surface area contributed by atoms with Crippen molar-refractivity contribution < 1.29 is 0 Å². The molecular formula is C12H14N2. The Hall–Kier alpha value is -1.31. The van der Waals surface area contributed by atoms with Crippen LogP contribution in [0.5, 0.6) is 0 Å². The third-order valence-corrected chi connectivity index (χ3v) is 3.03. The fourth-order valence-corrected chi connectivity index (χ4v) is 2.01. The number of benzene rings is 1. The Morgan fingerprint density at radius 1 is 1.14 bits per heavy atom. The van der Waals surface area contributed by atoms with Crippen LogP contribution in [0.25, 0.3) is 0 Å². The fourth-order valence-electron chi connectivity index (χ4n) is 2.01. The highest BCUT2D eigenvalue weighted by Gasteiger charge is 2.32. The molecule has 0 spiro atoms. The van der Waals surface area contributed by atoms with E-state index in [9.17, 15) is 0 Å². The number of nitrogens with one attached hydrogen (secondary N) is 1. The molecule has 72 valence electrons. The first kappa shape index (κ1) is 8.04. The Morgan fingerprint density at radius 2 is 1.93 bits per heavy atom. The van der Waals surface area contributed by atoms with E-state index in [1.165, 1.54) is 24.1 Å². The standard InChI is InChI=1S/C12H14N2/c1-2-4-9(5-3-1)11-8-12(14-13-11)10-6-7-10/h1-5,10-11,13H,6-8H2. The van der Waals surface area contributed by atoms with Gasteiger partial charge in [0.05, 0.1) is 6.04 Å². The van der Waals surface area contributed by atoms with E-state index < -0.39 is 0 Å². The molecule has 3 rings (SSSR count). The summed E-state index contributed by atoms with van der Waals surface area (Å²) in [5, 5.41) is 4.42. The Morgan fingerprint density at radius 3 is 2.64 bits per heavy atom. The maximum absolute atomic E-state index is 4.42. The summed E-state index contributed by atoms with van der Waals surface area (Å²) in [7, 11) is 0. The largest absolute Gasteiger partial charge is 0.302 e. The average molecular weight is 186 g/mol. The first-order valence-corrected chi connectivity index (χ1v) is 5.30. The molecule has 1 unspecified atom stereocenters. The van der Waals surface area contributed by atoms with E-state index in [0.29, 0.717) is 6.04 Å². The predicted octanol–water partition coefficient (Wildman–Crippen LogP) is 2.49. The van der Waals surface area contributed by atoms with Gasteiger partial charge in [-0.1, -0.05) is 30.3 Å². The molecule has 2 heteroatoms. The molecular weight excluding hydrogens is 172 g/mol. The molecule has 0 radical (unpaired) electrons. The van der Waals surface area contributed by atoms with Crippen molar-refractivity contribution in [1.82, 2.24) is 5.43 Å². The molecule has 0 bridgehead atoms. The summed E-state index contributed by atoms with van der Waals surface area (Å²) in [6.07, 6.45) is 3.80. The zero-order chi connectivity index (χ0) is 9.38. The van der Waals surface area contributed by atoms with Gasteiger partial charge in [-0.2, -0.15) is 5.10 Å². The molecule has 14 heavy (non-hydrogen) atoms. The molecule has 1 atom stereocenters. The van der Waals surface area contributed by atoms with Gasteiger partial charge in [0.1, 0.15) is 0 Å². The Bertz CT molecular complexity index is 352. The van der Waals surface area contributed by atoms with E-state index in [1.807, 2.05) is 0 Å². The maximum Gasteiger partial charge on any atom is 0.0742 e. The van der Waals surface area contributed by atoms with Crippen LogP contribution < -0.4 is 5.43 Å². The van der Waals surface area contributed by atoms with Gasteiger partial charge in [0.25, 0.3) is 0 Å². The summed E-state index contributed by atoms with van der Waals surface area (Å²) in [6.45, 7) is 0. The highest BCUT2D eigenvalue weighted by Crippen LogP contribution is 2.36. The maximum atomic E-state index is 4.42. The molecule has 1 aromatic rings. The van der Waals surface area contributed by atoms with Crippen LogP contribution in [0.15, 0.2) is 35.4 Å². The van der Waals surface area contributed by atoms with E-state index in [-0.39, 0.29) is 0 Å². The van der Waals surface area contributed by atoms with Crippen LogP contribution >= 0.6 is 0 Å². The minimum atomic E-state index is 0.423. The van der Waals surface area contributed by atoms with Crippen molar-refractivity contribution in [2.45, 2.75) is 25.3 Å². The van der Waals surface area contributed by atoms with Crippen LogP contribution in [0.4, 0.5) is 0 Å². The van der Waals surface area contributed by atoms with Crippen LogP contribution in [-0.4, -0.2) is 5.71 Å². The third-order valence-electron chi connectivity index (χ3n) is 3.03. The zero-order valence-corrected chi connectivity index (χ0v) is 8.11. The topological polar surface area (TPSA) is 24.4 Å². The van der Waals surface area contributed by atoms with E-state index in [4.69, 9.17) is 0 Å². The number of hydrazone groups is 1. The third kappa shape index (κ3) is 1.41. The lowest BCUT2D eigenvalue weighted by Gasteiger charge is -2.09. The van der Waals surface area contributed by atoms with Gasteiger partial charge >= 0.3 is 0 Å². The minimum Gasteiger partial charge on any atom is -0.302 e. The van der Waals surface area contributed by atoms with Crippen molar-refractivity contribution in [3.63, 3.8) is 0 Å². The molecule has 0 amide bonds. The summed E-state index contributed by atoms with van der Waals surface area (Å²) >= 11 is 0. The van der Waals surface area contributed by atoms with Crippen LogP contribution in [0.3, 0.4) is 0 Å². The zero-order valence-electron chi connectivity index (χ0n) is 8.11. The molecule has 1 heterocycles. The second-order valence-electron chi connectivity index (χ2n) is 4.17. The van der Waals surface area contributed by atoms with Crippen molar-refractivity contribution in [2.24, 2.45) is 11.0 Å². The number of rotatable bonds is 2. The van der Waals surface area contributed by atoms with Gasteiger partial charge in [-0.05, 0) is 24.3 Å². The van der Waals surface area contributed by atoms with Crippen molar-refractivity contribution in [3.8, 4) is 0 Å². The fraction of sp³-hybridized carbons (Fsp3) is 0.417. The summed E-state index contributed by atoms with van der Waals surface area (Å²) in [4.78, 5) is 0. The van der Waals surface area contributed by atoms with Crippen molar-refractivity contribution in [1.29, 1.82) is 0 Å². The lowest BCUT2D eigenvalue weighted by molar-refractivity contribution is 0.619. The summed E-state index contributed by atoms with van der Waals surface area (Å²) in [5.74, 6) is 0.802. The molecule has 1 N–H and O–H groups in total. The first-order valence-electron chi connectivity index (χ1n) is 5.30. The molecule has 0 aromatic heterocycles. The summed E-state index contributed by atoms with van der Waals surface area (Å²) in [6, 6.07) is 11.0. The van der Waals surface area contributed by atoms with Crippen molar-refractivity contribution in [3.05, 3.63) is 35.9 Å². The Balaban J connectivity index is 1.72. The van der Waals surface area contributed by atoms with Gasteiger partial charge in [0, 0.05) is 12.1 Å². The SMILES string of the molecule is c1ccc(C2CC(C3CC3)=NN2)cc1. The molecule has 0 saturated heterocycles. The number of hydrogen-bond donors (Lipinski definition) is 1. The second-order valence-corrected chi connectivity index (χ2v) is 4.17. The molecule has 2 nitrogen and oxygen atoms in total. The highest BCUT2D eigenvalue weighted by atomic mass is 15.3. The summed E-state index contributed by atoms with van der Waals surface area (Å²) < 4.78 is 0. The molecule has 1 aliphatic heterocycles. The average Bonchev–Trinajstić information content (AvgIpc) is 2.98. The van der Waals surface area contributed by atoms with Gasteiger partial charge in [0.2, 0.25) is 0 Å². The molecule has 2 aliphatic rings. The van der Waals surface area contributed by atoms with Gasteiger partial charge in [0.15, 0.2) is 0 Å². The summed E-state index contributed by atoms with van der Waals surface area (Å²) in [5.41, 5.74) is 5.97. The molecule has 1 saturated carbocycles. The molecule has 1 fully saturated rings. The van der Waals surface area contributed by atoms with Crippen LogP contribution in [-0.2, 0) is 0 Å². The predicted molar refractivity (Wildman–Crippen MR) is 57.1 cm³/mol. The minimum absolute atomic E-state index is 0.423. The Kier molecular flexibility index (Phi) is 1.79. The first-order chi connectivity index (χ1) is 6.93. The highest BCUT2D eigenvalue weighted by molar-refractivity contribution is 5.90. The normalized spacial score (nSPS) is 25.7. The molecule has 1 aliphatic carbocycles. The van der Waals surface area contributed by atoms with E-state index >= 15 is 0 Å². The van der Waals surface area contributed by atoms with Gasteiger partial charge in [-0.3, -0.25) is 0 Å². The van der Waals surface area contributed by atoms with Crippen molar-refractivity contribution in [2.75, 3.05) is 0 Å². The van der Waals surface area contributed by atoms with E-state index in [1.54, 1.807) is 0 Å². The molecule has 1 aromatic carbocycles. The Labute approximate surface area is 84.0 Å². The quantitative estimate of drug-likeness (QED) is 0.754. The lowest BCUT2D eigenvalue weighted by atomic mass is 10.0. The van der Waals surface area contributed by atoms with Gasteiger partial charge in [-0.15, -0.1) is 0 Å².